The predicted octanol–water partition coefficient (Wildman–Crippen LogP) is 1.59. The van der Waals surface area contributed by atoms with Crippen molar-refractivity contribution < 1.29 is 18.0 Å². The summed E-state index contributed by atoms with van der Waals surface area (Å²) in [4.78, 5) is 23.6. The Balaban J connectivity index is 2.19. The van der Waals surface area contributed by atoms with Crippen LogP contribution in [0.15, 0.2) is 29.2 Å². The van der Waals surface area contributed by atoms with E-state index in [-0.39, 0.29) is 23.1 Å². The van der Waals surface area contributed by atoms with Crippen molar-refractivity contribution >= 4 is 27.4 Å². The smallest absolute Gasteiger partial charge is 0.246 e. The molecule has 8 nitrogen and oxygen atoms in total. The molecule has 0 aliphatic rings. The van der Waals surface area contributed by atoms with Gasteiger partial charge < -0.3 is 5.32 Å². The van der Waals surface area contributed by atoms with Gasteiger partial charge in [0.1, 0.15) is 11.4 Å². The van der Waals surface area contributed by atoms with Gasteiger partial charge in [-0.05, 0) is 45.0 Å². The zero-order chi connectivity index (χ0) is 19.6. The number of carbonyl (C=O) groups excluding carboxylic acids is 2. The highest BCUT2D eigenvalue weighted by Crippen LogP contribution is 2.22. The minimum absolute atomic E-state index is 0.0554. The van der Waals surface area contributed by atoms with Gasteiger partial charge >= 0.3 is 0 Å². The van der Waals surface area contributed by atoms with Gasteiger partial charge in [-0.25, -0.2) is 12.7 Å². The summed E-state index contributed by atoms with van der Waals surface area (Å²) in [5.41, 5.74) is 1.84. The number of hydrogen-bond acceptors (Lipinski definition) is 5. The van der Waals surface area contributed by atoms with Gasteiger partial charge in [-0.2, -0.15) is 5.10 Å². The quantitative estimate of drug-likeness (QED) is 0.769. The summed E-state index contributed by atoms with van der Waals surface area (Å²) >= 11 is 0. The molecule has 1 heterocycles. The Kier molecular flexibility index (Phi) is 5.62. The van der Waals surface area contributed by atoms with Gasteiger partial charge in [-0.1, -0.05) is 0 Å². The first kappa shape index (κ1) is 19.8. The zero-order valence-electron chi connectivity index (χ0n) is 15.4. The first-order valence-corrected chi connectivity index (χ1v) is 9.35. The van der Waals surface area contributed by atoms with Crippen LogP contribution in [0.2, 0.25) is 0 Å². The van der Waals surface area contributed by atoms with E-state index >= 15 is 0 Å². The van der Waals surface area contributed by atoms with E-state index in [1.807, 2.05) is 0 Å². The Bertz CT molecular complexity index is 944. The number of anilines is 1. The molecule has 0 unspecified atom stereocenters. The molecule has 9 heteroatoms. The molecule has 1 aromatic heterocycles. The van der Waals surface area contributed by atoms with E-state index in [1.165, 1.54) is 25.7 Å². The third-order valence-corrected chi connectivity index (χ3v) is 5.99. The second-order valence-electron chi connectivity index (χ2n) is 6.13. The number of rotatable bonds is 6. The van der Waals surface area contributed by atoms with Crippen molar-refractivity contribution in [3.63, 3.8) is 0 Å². The Labute approximate surface area is 152 Å². The maximum absolute atomic E-state index is 12.4. The summed E-state index contributed by atoms with van der Waals surface area (Å²) in [6.45, 7) is 4.56. The second-order valence-corrected chi connectivity index (χ2v) is 8.22. The van der Waals surface area contributed by atoms with E-state index in [0.717, 1.165) is 4.31 Å². The predicted molar refractivity (Wildman–Crippen MR) is 97.7 cm³/mol. The summed E-state index contributed by atoms with van der Waals surface area (Å²) in [5, 5.41) is 6.89. The van der Waals surface area contributed by atoms with Crippen molar-refractivity contribution in [2.24, 2.45) is 0 Å². The number of nitrogens with one attached hydrogen (secondary N) is 1. The normalized spacial score (nSPS) is 11.6. The molecule has 0 fully saturated rings. The third kappa shape index (κ3) is 4.00. The minimum atomic E-state index is -3.64. The molecule has 0 aliphatic heterocycles. The molecule has 0 saturated heterocycles. The summed E-state index contributed by atoms with van der Waals surface area (Å²) in [7, 11) is -0.744. The largest absolute Gasteiger partial charge is 0.324 e. The van der Waals surface area contributed by atoms with Gasteiger partial charge in [0.2, 0.25) is 15.9 Å². The van der Waals surface area contributed by atoms with E-state index in [4.69, 9.17) is 0 Å². The number of ketones is 1. The highest BCUT2D eigenvalue weighted by Gasteiger charge is 2.27. The van der Waals surface area contributed by atoms with Gasteiger partial charge in [-0.3, -0.25) is 14.3 Å². The highest BCUT2D eigenvalue weighted by atomic mass is 32.2. The molecular formula is C17H22N4O4S. The van der Waals surface area contributed by atoms with Gasteiger partial charge in [-0.15, -0.1) is 0 Å². The first-order valence-electron chi connectivity index (χ1n) is 7.91. The molecule has 0 spiro atoms. The summed E-state index contributed by atoms with van der Waals surface area (Å²) in [6.07, 6.45) is 0. The number of sulfonamides is 1. The number of nitrogens with zero attached hydrogens (tertiary/aromatic N) is 3. The van der Waals surface area contributed by atoms with Crippen molar-refractivity contribution in [3.05, 3.63) is 41.2 Å². The van der Waals surface area contributed by atoms with Crippen LogP contribution in [0.25, 0.3) is 0 Å². The third-order valence-electron chi connectivity index (χ3n) is 3.92. The number of aryl methyl sites for hydroxylation is 1. The fourth-order valence-corrected chi connectivity index (χ4v) is 3.77. The Morgan fingerprint density at radius 2 is 1.73 bits per heavy atom. The van der Waals surface area contributed by atoms with Crippen molar-refractivity contribution in [3.8, 4) is 0 Å². The topological polar surface area (TPSA) is 101 Å². The lowest BCUT2D eigenvalue weighted by atomic mass is 10.1. The fraction of sp³-hybridized carbons (Fsp3) is 0.353. The van der Waals surface area contributed by atoms with Crippen molar-refractivity contribution in [1.82, 2.24) is 14.1 Å². The number of amides is 1. The van der Waals surface area contributed by atoms with Gasteiger partial charge in [0.25, 0.3) is 0 Å². The van der Waals surface area contributed by atoms with E-state index in [9.17, 15) is 18.0 Å². The molecule has 0 radical (unpaired) electrons. The number of benzene rings is 1. The molecule has 140 valence electrons. The Morgan fingerprint density at radius 1 is 1.15 bits per heavy atom. The second kappa shape index (κ2) is 7.38. The van der Waals surface area contributed by atoms with Crippen LogP contribution in [-0.2, 0) is 21.4 Å². The lowest BCUT2D eigenvalue weighted by molar-refractivity contribution is -0.116. The minimum Gasteiger partial charge on any atom is -0.324 e. The molecule has 1 amide bonds. The van der Waals surface area contributed by atoms with Crippen molar-refractivity contribution in [2.45, 2.75) is 32.2 Å². The summed E-state index contributed by atoms with van der Waals surface area (Å²) < 4.78 is 27.3. The van der Waals surface area contributed by atoms with E-state index in [1.54, 1.807) is 38.1 Å². The van der Waals surface area contributed by atoms with Crippen molar-refractivity contribution in [2.75, 3.05) is 19.4 Å². The van der Waals surface area contributed by atoms with Crippen LogP contribution in [0.3, 0.4) is 0 Å². The van der Waals surface area contributed by atoms with E-state index in [2.05, 4.69) is 10.4 Å². The number of aromatic nitrogens is 2. The van der Waals surface area contributed by atoms with Crippen LogP contribution in [-0.4, -0.2) is 48.3 Å². The van der Waals surface area contributed by atoms with Crippen LogP contribution in [0, 0.1) is 13.8 Å². The molecule has 1 N–H and O–H groups in total. The molecular weight excluding hydrogens is 356 g/mol. The molecule has 0 aliphatic carbocycles. The van der Waals surface area contributed by atoms with Crippen LogP contribution in [0.4, 0.5) is 5.69 Å². The molecule has 26 heavy (non-hydrogen) atoms. The van der Waals surface area contributed by atoms with Gasteiger partial charge in [0, 0.05) is 25.3 Å². The fourth-order valence-electron chi connectivity index (χ4n) is 2.52. The van der Waals surface area contributed by atoms with Crippen molar-refractivity contribution in [1.29, 1.82) is 0 Å². The maximum atomic E-state index is 12.4. The van der Waals surface area contributed by atoms with E-state index in [0.29, 0.717) is 22.6 Å². The monoisotopic (exact) mass is 378 g/mol. The van der Waals surface area contributed by atoms with Gasteiger partial charge in [0.15, 0.2) is 5.78 Å². The van der Waals surface area contributed by atoms with Crippen LogP contribution in [0.1, 0.15) is 28.7 Å². The molecule has 0 bridgehead atoms. The van der Waals surface area contributed by atoms with Crippen LogP contribution >= 0.6 is 0 Å². The molecule has 1 aromatic carbocycles. The first-order chi connectivity index (χ1) is 12.0. The zero-order valence-corrected chi connectivity index (χ0v) is 16.2. The molecule has 2 rings (SSSR count). The summed E-state index contributed by atoms with van der Waals surface area (Å²) in [6, 6.07) is 6.53. The lowest BCUT2D eigenvalue weighted by Crippen LogP contribution is -2.24. The molecule has 0 atom stereocenters. The van der Waals surface area contributed by atoms with E-state index < -0.39 is 10.0 Å². The standard InChI is InChI=1S/C17H22N4O4S/c1-11-17(26(24,25)20(4)5)12(2)21(19-11)10-16(23)18-15-8-6-14(7-9-15)13(3)22/h6-9H,10H2,1-5H3,(H,18,23). The Hall–Kier alpha value is -2.52. The summed E-state index contributed by atoms with van der Waals surface area (Å²) in [5.74, 6) is -0.403. The van der Waals surface area contributed by atoms with Crippen LogP contribution < -0.4 is 5.32 Å². The molecule has 2 aromatic rings. The number of hydrogen-bond donors (Lipinski definition) is 1. The highest BCUT2D eigenvalue weighted by molar-refractivity contribution is 7.89. The average Bonchev–Trinajstić information content (AvgIpc) is 2.81. The van der Waals surface area contributed by atoms with Gasteiger partial charge in [0.05, 0.1) is 11.4 Å². The average molecular weight is 378 g/mol. The maximum Gasteiger partial charge on any atom is 0.246 e. The SMILES string of the molecule is CC(=O)c1ccc(NC(=O)Cn2nc(C)c(S(=O)(=O)N(C)C)c2C)cc1. The lowest BCUT2D eigenvalue weighted by Gasteiger charge is -2.12. The number of carbonyl (C=O) groups is 2. The molecule has 0 saturated carbocycles. The Morgan fingerprint density at radius 3 is 2.23 bits per heavy atom. The van der Waals surface area contributed by atoms with Crippen LogP contribution in [0.5, 0.6) is 0 Å². The number of Topliss-reactive ketones (excluding diaryl/α,β-unsaturated/α-hetero) is 1.